The number of hydrogen-bond acceptors (Lipinski definition) is 5. The Bertz CT molecular complexity index is 371. The number of aliphatic carboxylic acids is 1. The lowest BCUT2D eigenvalue weighted by atomic mass is 10.2. The van der Waals surface area contributed by atoms with Gasteiger partial charge in [-0.25, -0.2) is 4.79 Å². The Morgan fingerprint density at radius 3 is 2.62 bits per heavy atom. The molecule has 0 aliphatic carbocycles. The summed E-state index contributed by atoms with van der Waals surface area (Å²) in [5, 5.41) is 21.7. The number of hydrogen-bond donors (Lipinski definition) is 2. The van der Waals surface area contributed by atoms with Gasteiger partial charge in [0.2, 0.25) is 11.9 Å². The van der Waals surface area contributed by atoms with Crippen LogP contribution in [0.25, 0.3) is 0 Å². The maximum Gasteiger partial charge on any atom is 0.327 e. The average molecular weight is 242 g/mol. The molecule has 0 amide bonds. The molecule has 0 aliphatic rings. The molecule has 1 rings (SSSR count). The fourth-order valence-electron chi connectivity index (χ4n) is 1.05. The van der Waals surface area contributed by atoms with Crippen LogP contribution in [0.15, 0.2) is 30.3 Å². The summed E-state index contributed by atoms with van der Waals surface area (Å²) < 4.78 is -0.609. The highest BCUT2D eigenvalue weighted by Gasteiger charge is 2.21. The zero-order chi connectivity index (χ0) is 12.0. The van der Waals surface area contributed by atoms with Crippen molar-refractivity contribution in [3.8, 4) is 0 Å². The second kappa shape index (κ2) is 5.96. The van der Waals surface area contributed by atoms with Gasteiger partial charge in [-0.05, 0) is 12.1 Å². The molecule has 0 saturated heterocycles. The van der Waals surface area contributed by atoms with E-state index in [1.807, 2.05) is 0 Å². The van der Waals surface area contributed by atoms with Crippen LogP contribution in [-0.4, -0.2) is 27.2 Å². The van der Waals surface area contributed by atoms with Gasteiger partial charge in [0.25, 0.3) is 0 Å². The van der Waals surface area contributed by atoms with Crippen molar-refractivity contribution in [2.24, 2.45) is 0 Å². The summed E-state index contributed by atoms with van der Waals surface area (Å²) in [7, 11) is 0. The van der Waals surface area contributed by atoms with Gasteiger partial charge in [0.15, 0.2) is 0 Å². The Morgan fingerprint density at radius 1 is 1.50 bits per heavy atom. The number of carboxylic acid groups (broad SMARTS) is 1. The van der Waals surface area contributed by atoms with E-state index >= 15 is 0 Å². The number of rotatable bonds is 6. The SMILES string of the molecule is O=C(O)[C@H](CS[N+](=O)[O-])Nc1ccccc1. The predicted molar refractivity (Wildman–Crippen MR) is 60.9 cm³/mol. The minimum Gasteiger partial charge on any atom is -0.480 e. The second-order valence-corrected chi connectivity index (χ2v) is 3.81. The van der Waals surface area contributed by atoms with E-state index in [9.17, 15) is 14.9 Å². The summed E-state index contributed by atoms with van der Waals surface area (Å²) >= 11 is 0.366. The first kappa shape index (κ1) is 12.3. The highest BCUT2D eigenvalue weighted by Crippen LogP contribution is 2.11. The van der Waals surface area contributed by atoms with Crippen LogP contribution in [0.5, 0.6) is 0 Å². The van der Waals surface area contributed by atoms with Crippen molar-refractivity contribution in [1.29, 1.82) is 0 Å². The molecule has 0 aromatic heterocycles. The minimum absolute atomic E-state index is 0.128. The second-order valence-electron chi connectivity index (χ2n) is 2.92. The summed E-state index contributed by atoms with van der Waals surface area (Å²) in [4.78, 5) is 20.9. The van der Waals surface area contributed by atoms with Gasteiger partial charge in [-0.3, -0.25) is 10.1 Å². The highest BCUT2D eigenvalue weighted by atomic mass is 32.2. The molecule has 0 unspecified atom stereocenters. The van der Waals surface area contributed by atoms with Gasteiger partial charge >= 0.3 is 5.97 Å². The van der Waals surface area contributed by atoms with E-state index in [2.05, 4.69) is 5.32 Å². The first-order valence-corrected chi connectivity index (χ1v) is 5.35. The third kappa shape index (κ3) is 4.18. The topological polar surface area (TPSA) is 92.5 Å². The van der Waals surface area contributed by atoms with Gasteiger partial charge in [0.05, 0.1) is 5.75 Å². The number of nitrogens with one attached hydrogen (secondary N) is 1. The molecule has 1 atom stereocenters. The number of nitrogens with zero attached hydrogens (tertiary/aromatic N) is 1. The number of anilines is 1. The van der Waals surface area contributed by atoms with Gasteiger partial charge in [0.1, 0.15) is 10.4 Å². The lowest BCUT2D eigenvalue weighted by molar-refractivity contribution is -0.284. The molecule has 0 fully saturated rings. The molecule has 86 valence electrons. The third-order valence-corrected chi connectivity index (χ3v) is 2.45. The first-order valence-electron chi connectivity index (χ1n) is 4.41. The molecule has 16 heavy (non-hydrogen) atoms. The Kier molecular flexibility index (Phi) is 4.59. The Morgan fingerprint density at radius 2 is 2.12 bits per heavy atom. The maximum absolute atomic E-state index is 10.8. The smallest absolute Gasteiger partial charge is 0.327 e. The quantitative estimate of drug-likeness (QED) is 0.446. The van der Waals surface area contributed by atoms with Crippen molar-refractivity contribution in [2.45, 2.75) is 6.04 Å². The fraction of sp³-hybridized carbons (Fsp3) is 0.222. The lowest BCUT2D eigenvalue weighted by Crippen LogP contribution is -2.32. The predicted octanol–water partition coefficient (Wildman–Crippen LogP) is 1.48. The van der Waals surface area contributed by atoms with Gasteiger partial charge in [-0.1, -0.05) is 18.2 Å². The van der Waals surface area contributed by atoms with Crippen molar-refractivity contribution in [2.75, 3.05) is 11.1 Å². The van der Waals surface area contributed by atoms with Gasteiger partial charge in [-0.2, -0.15) is 0 Å². The molecular formula is C9H10N2O4S. The molecule has 1 aromatic carbocycles. The van der Waals surface area contributed by atoms with E-state index in [-0.39, 0.29) is 5.75 Å². The van der Waals surface area contributed by atoms with E-state index in [1.54, 1.807) is 30.3 Å². The maximum atomic E-state index is 10.8. The number of nitro groups is 1. The monoisotopic (exact) mass is 242 g/mol. The first-order chi connectivity index (χ1) is 7.59. The van der Waals surface area contributed by atoms with Crippen molar-refractivity contribution >= 4 is 23.6 Å². The molecule has 0 heterocycles. The van der Waals surface area contributed by atoms with Crippen molar-refractivity contribution in [3.05, 3.63) is 40.4 Å². The molecule has 7 heteroatoms. The van der Waals surface area contributed by atoms with E-state index < -0.39 is 16.3 Å². The molecule has 2 N–H and O–H groups in total. The largest absolute Gasteiger partial charge is 0.480 e. The van der Waals surface area contributed by atoms with Crippen molar-refractivity contribution in [1.82, 2.24) is 0 Å². The van der Waals surface area contributed by atoms with Gasteiger partial charge in [-0.15, -0.1) is 0 Å². The van der Waals surface area contributed by atoms with Crippen LogP contribution >= 0.6 is 11.9 Å². The summed E-state index contributed by atoms with van der Waals surface area (Å²) in [5.74, 6) is -1.24. The molecule has 0 aliphatic heterocycles. The minimum atomic E-state index is -1.11. The van der Waals surface area contributed by atoms with Crippen LogP contribution in [0.3, 0.4) is 0 Å². The van der Waals surface area contributed by atoms with E-state index in [0.29, 0.717) is 17.6 Å². The zero-order valence-electron chi connectivity index (χ0n) is 8.20. The number of carbonyl (C=O) groups is 1. The van der Waals surface area contributed by atoms with Gasteiger partial charge in [0, 0.05) is 5.69 Å². The molecule has 0 radical (unpaired) electrons. The van der Waals surface area contributed by atoms with Crippen LogP contribution in [0, 0.1) is 10.1 Å². The molecule has 0 bridgehead atoms. The van der Waals surface area contributed by atoms with E-state index in [4.69, 9.17) is 5.11 Å². The van der Waals surface area contributed by atoms with Crippen LogP contribution in [0.1, 0.15) is 0 Å². The van der Waals surface area contributed by atoms with Crippen molar-refractivity contribution in [3.63, 3.8) is 0 Å². The Balaban J connectivity index is 2.58. The summed E-state index contributed by atoms with van der Waals surface area (Å²) in [6.07, 6.45) is 0. The third-order valence-electron chi connectivity index (χ3n) is 1.76. The van der Waals surface area contributed by atoms with Gasteiger partial charge < -0.3 is 10.4 Å². The highest BCUT2D eigenvalue weighted by molar-refractivity contribution is 7.93. The summed E-state index contributed by atoms with van der Waals surface area (Å²) in [5.41, 5.74) is 0.624. The number of para-hydroxylation sites is 1. The normalized spacial score (nSPS) is 11.8. The van der Waals surface area contributed by atoms with Crippen LogP contribution in [0.2, 0.25) is 0 Å². The summed E-state index contributed by atoms with van der Waals surface area (Å²) in [6.45, 7) is 0. The lowest BCUT2D eigenvalue weighted by Gasteiger charge is -2.12. The molecule has 6 nitrogen and oxygen atoms in total. The zero-order valence-corrected chi connectivity index (χ0v) is 9.02. The van der Waals surface area contributed by atoms with Crippen LogP contribution < -0.4 is 5.32 Å². The molecule has 1 aromatic rings. The van der Waals surface area contributed by atoms with E-state index in [1.165, 1.54) is 0 Å². The van der Waals surface area contributed by atoms with E-state index in [0.717, 1.165) is 0 Å². The Labute approximate surface area is 95.9 Å². The number of benzene rings is 1. The standard InChI is InChI=1S/C9H10N2O4S/c12-9(13)8(6-16-11(14)15)10-7-4-2-1-3-5-7/h1-5,8,10H,6H2,(H,12,13)/t8-/m0/s1. The fourth-order valence-corrected chi connectivity index (χ4v) is 1.54. The average Bonchev–Trinajstić information content (AvgIpc) is 2.25. The Hall–Kier alpha value is -1.76. The van der Waals surface area contributed by atoms with Crippen LogP contribution in [-0.2, 0) is 4.79 Å². The molecule has 0 saturated carbocycles. The van der Waals surface area contributed by atoms with Crippen molar-refractivity contribution < 1.29 is 14.2 Å². The molecule has 0 spiro atoms. The van der Waals surface area contributed by atoms with Crippen LogP contribution in [0.4, 0.5) is 5.69 Å². The summed E-state index contributed by atoms with van der Waals surface area (Å²) in [6, 6.07) is 7.73. The number of carboxylic acids is 1. The molecular weight excluding hydrogens is 232 g/mol.